The maximum atomic E-state index is 3.60. The molecule has 88 valence electrons. The molecular formula is C15H23N. The largest absolute Gasteiger partial charge is 0.314 e. The summed E-state index contributed by atoms with van der Waals surface area (Å²) in [5, 5.41) is 3.60. The summed E-state index contributed by atoms with van der Waals surface area (Å²) in [7, 11) is 0. The lowest BCUT2D eigenvalue weighted by Crippen LogP contribution is -2.33. The highest BCUT2D eigenvalue weighted by Crippen LogP contribution is 2.33. The second kappa shape index (κ2) is 5.49. The van der Waals surface area contributed by atoms with Crippen molar-refractivity contribution in [3.63, 3.8) is 0 Å². The molecule has 0 aromatic heterocycles. The normalized spacial score (nSPS) is 25.6. The van der Waals surface area contributed by atoms with Crippen molar-refractivity contribution in [2.75, 3.05) is 6.54 Å². The second-order valence-electron chi connectivity index (χ2n) is 5.03. The molecule has 16 heavy (non-hydrogen) atoms. The van der Waals surface area contributed by atoms with Crippen molar-refractivity contribution in [1.29, 1.82) is 0 Å². The van der Waals surface area contributed by atoms with Crippen molar-refractivity contribution in [2.45, 2.75) is 51.5 Å². The van der Waals surface area contributed by atoms with Crippen LogP contribution in [0.2, 0.25) is 0 Å². The molecule has 1 aromatic rings. The Balaban J connectivity index is 2.03. The average Bonchev–Trinajstić information content (AvgIpc) is 2.30. The van der Waals surface area contributed by atoms with E-state index < -0.39 is 0 Å². The predicted molar refractivity (Wildman–Crippen MR) is 69.9 cm³/mol. The number of hydrogen-bond acceptors (Lipinski definition) is 1. The van der Waals surface area contributed by atoms with Gasteiger partial charge in [-0.15, -0.1) is 0 Å². The van der Waals surface area contributed by atoms with Crippen LogP contribution in [0.15, 0.2) is 24.3 Å². The van der Waals surface area contributed by atoms with E-state index in [4.69, 9.17) is 0 Å². The van der Waals surface area contributed by atoms with Gasteiger partial charge in [-0.1, -0.05) is 43.2 Å². The first-order chi connectivity index (χ1) is 7.79. The third-order valence-corrected chi connectivity index (χ3v) is 3.68. The van der Waals surface area contributed by atoms with E-state index in [2.05, 4.69) is 43.4 Å². The molecule has 2 atom stereocenters. The summed E-state index contributed by atoms with van der Waals surface area (Å²) in [6.45, 7) is 5.50. The zero-order valence-electron chi connectivity index (χ0n) is 10.5. The topological polar surface area (TPSA) is 12.0 Å². The lowest BCUT2D eigenvalue weighted by atomic mass is 9.81. The van der Waals surface area contributed by atoms with Crippen LogP contribution in [0.3, 0.4) is 0 Å². The zero-order chi connectivity index (χ0) is 11.4. The Morgan fingerprint density at radius 1 is 1.31 bits per heavy atom. The van der Waals surface area contributed by atoms with E-state index in [0.29, 0.717) is 0 Å². The molecule has 1 aliphatic rings. The van der Waals surface area contributed by atoms with E-state index in [1.165, 1.54) is 31.2 Å². The maximum Gasteiger partial charge on any atom is 0.00727 e. The third-order valence-electron chi connectivity index (χ3n) is 3.68. The Morgan fingerprint density at radius 3 is 2.94 bits per heavy atom. The molecule has 1 nitrogen and oxygen atoms in total. The average molecular weight is 217 g/mol. The van der Waals surface area contributed by atoms with Gasteiger partial charge in [-0.2, -0.15) is 0 Å². The van der Waals surface area contributed by atoms with Crippen LogP contribution in [0, 0.1) is 6.92 Å². The lowest BCUT2D eigenvalue weighted by Gasteiger charge is -2.30. The fourth-order valence-corrected chi connectivity index (χ4v) is 2.89. The van der Waals surface area contributed by atoms with E-state index >= 15 is 0 Å². The highest BCUT2D eigenvalue weighted by Gasteiger charge is 2.22. The molecule has 1 heteroatoms. The molecule has 1 aromatic carbocycles. The Bertz CT molecular complexity index is 330. The number of rotatable bonds is 3. The van der Waals surface area contributed by atoms with Crippen molar-refractivity contribution >= 4 is 0 Å². The first-order valence-corrected chi connectivity index (χ1v) is 6.59. The Morgan fingerprint density at radius 2 is 2.19 bits per heavy atom. The summed E-state index contributed by atoms with van der Waals surface area (Å²) in [4.78, 5) is 0. The molecule has 0 saturated heterocycles. The summed E-state index contributed by atoms with van der Waals surface area (Å²) in [6, 6.07) is 9.78. The molecule has 1 fully saturated rings. The van der Waals surface area contributed by atoms with Gasteiger partial charge in [0.05, 0.1) is 0 Å². The van der Waals surface area contributed by atoms with Crippen molar-refractivity contribution in [2.24, 2.45) is 0 Å². The van der Waals surface area contributed by atoms with E-state index in [-0.39, 0.29) is 0 Å². The molecule has 2 rings (SSSR count). The van der Waals surface area contributed by atoms with E-state index in [0.717, 1.165) is 18.5 Å². The molecular weight excluding hydrogens is 194 g/mol. The maximum absolute atomic E-state index is 3.60. The van der Waals surface area contributed by atoms with Gasteiger partial charge in [0.2, 0.25) is 0 Å². The highest BCUT2D eigenvalue weighted by atomic mass is 14.9. The van der Waals surface area contributed by atoms with Gasteiger partial charge < -0.3 is 5.32 Å². The molecule has 1 aliphatic carbocycles. The number of aryl methyl sites for hydroxylation is 1. The van der Waals surface area contributed by atoms with Gasteiger partial charge >= 0.3 is 0 Å². The van der Waals surface area contributed by atoms with Crippen molar-refractivity contribution in [3.05, 3.63) is 35.4 Å². The predicted octanol–water partition coefficient (Wildman–Crippen LogP) is 3.63. The fourth-order valence-electron chi connectivity index (χ4n) is 2.89. The van der Waals surface area contributed by atoms with Crippen LogP contribution in [0.1, 0.15) is 49.7 Å². The second-order valence-corrected chi connectivity index (χ2v) is 5.03. The smallest absolute Gasteiger partial charge is 0.00727 e. The highest BCUT2D eigenvalue weighted by molar-refractivity contribution is 5.26. The monoisotopic (exact) mass is 217 g/mol. The first kappa shape index (κ1) is 11.7. The van der Waals surface area contributed by atoms with Crippen LogP contribution in [0.25, 0.3) is 0 Å². The lowest BCUT2D eigenvalue weighted by molar-refractivity contribution is 0.344. The van der Waals surface area contributed by atoms with Crippen LogP contribution in [0.5, 0.6) is 0 Å². The molecule has 1 saturated carbocycles. The fraction of sp³-hybridized carbons (Fsp3) is 0.600. The molecule has 2 unspecified atom stereocenters. The van der Waals surface area contributed by atoms with Crippen LogP contribution in [0.4, 0.5) is 0 Å². The standard InChI is InChI=1S/C15H23N/c1-3-16-15-9-5-8-14(11-15)13-7-4-6-12(2)10-13/h4,6-7,10,14-16H,3,5,8-9,11H2,1-2H3. The van der Waals surface area contributed by atoms with Crippen LogP contribution in [-0.4, -0.2) is 12.6 Å². The number of benzene rings is 1. The molecule has 0 heterocycles. The van der Waals surface area contributed by atoms with Gasteiger partial charge in [-0.05, 0) is 44.2 Å². The van der Waals surface area contributed by atoms with Gasteiger partial charge in [0.25, 0.3) is 0 Å². The van der Waals surface area contributed by atoms with Crippen LogP contribution in [-0.2, 0) is 0 Å². The summed E-state index contributed by atoms with van der Waals surface area (Å²) >= 11 is 0. The summed E-state index contributed by atoms with van der Waals surface area (Å²) < 4.78 is 0. The van der Waals surface area contributed by atoms with E-state index in [1.54, 1.807) is 5.56 Å². The molecule has 1 N–H and O–H groups in total. The van der Waals surface area contributed by atoms with Crippen LogP contribution >= 0.6 is 0 Å². The Hall–Kier alpha value is -0.820. The van der Waals surface area contributed by atoms with Crippen molar-refractivity contribution in [3.8, 4) is 0 Å². The zero-order valence-corrected chi connectivity index (χ0v) is 10.5. The number of hydrogen-bond donors (Lipinski definition) is 1. The van der Waals surface area contributed by atoms with Gasteiger partial charge in [-0.3, -0.25) is 0 Å². The summed E-state index contributed by atoms with van der Waals surface area (Å²) in [5.41, 5.74) is 2.94. The van der Waals surface area contributed by atoms with Gasteiger partial charge in [0.1, 0.15) is 0 Å². The summed E-state index contributed by atoms with van der Waals surface area (Å²) in [5.74, 6) is 0.776. The molecule has 0 aliphatic heterocycles. The van der Waals surface area contributed by atoms with E-state index in [1.807, 2.05) is 0 Å². The SMILES string of the molecule is CCNC1CCCC(c2cccc(C)c2)C1. The minimum Gasteiger partial charge on any atom is -0.314 e. The third kappa shape index (κ3) is 2.85. The quantitative estimate of drug-likeness (QED) is 0.815. The minimum atomic E-state index is 0.740. The van der Waals surface area contributed by atoms with Crippen molar-refractivity contribution in [1.82, 2.24) is 5.32 Å². The van der Waals surface area contributed by atoms with Gasteiger partial charge in [0.15, 0.2) is 0 Å². The molecule has 0 spiro atoms. The van der Waals surface area contributed by atoms with Gasteiger partial charge in [0, 0.05) is 6.04 Å². The number of nitrogens with one attached hydrogen (secondary N) is 1. The molecule has 0 amide bonds. The van der Waals surface area contributed by atoms with Crippen molar-refractivity contribution < 1.29 is 0 Å². The minimum absolute atomic E-state index is 0.740. The summed E-state index contributed by atoms with van der Waals surface area (Å²) in [6.07, 6.45) is 5.41. The Kier molecular flexibility index (Phi) is 4.00. The van der Waals surface area contributed by atoms with Crippen LogP contribution < -0.4 is 5.32 Å². The van der Waals surface area contributed by atoms with Gasteiger partial charge in [-0.25, -0.2) is 0 Å². The first-order valence-electron chi connectivity index (χ1n) is 6.59. The molecule has 0 radical (unpaired) electrons. The Labute approximate surface area is 99.3 Å². The molecule has 0 bridgehead atoms. The van der Waals surface area contributed by atoms with E-state index in [9.17, 15) is 0 Å².